The lowest BCUT2D eigenvalue weighted by Crippen LogP contribution is -2.39. The van der Waals surface area contributed by atoms with Crippen molar-refractivity contribution >= 4 is 17.4 Å². The van der Waals surface area contributed by atoms with E-state index in [-0.39, 0.29) is 6.03 Å². The Balaban J connectivity index is 1.90. The van der Waals surface area contributed by atoms with Crippen LogP contribution in [0.5, 0.6) is 0 Å². The van der Waals surface area contributed by atoms with E-state index >= 15 is 0 Å². The summed E-state index contributed by atoms with van der Waals surface area (Å²) in [6.07, 6.45) is 3.31. The second kappa shape index (κ2) is 6.80. The van der Waals surface area contributed by atoms with Crippen molar-refractivity contribution < 1.29 is 9.21 Å². The Kier molecular flexibility index (Phi) is 4.80. The van der Waals surface area contributed by atoms with Crippen LogP contribution in [0, 0.1) is 0 Å². The monoisotopic (exact) mass is 276 g/mol. The summed E-state index contributed by atoms with van der Waals surface area (Å²) in [5, 5.41) is 4.83. The molecule has 0 saturated carbocycles. The number of furan rings is 1. The summed E-state index contributed by atoms with van der Waals surface area (Å²) in [4.78, 5) is 14.9. The zero-order valence-corrected chi connectivity index (χ0v) is 11.4. The van der Waals surface area contributed by atoms with E-state index in [2.05, 4.69) is 11.9 Å². The quantitative estimate of drug-likeness (QED) is 0.823. The molecule has 2 aromatic heterocycles. The van der Waals surface area contributed by atoms with Gasteiger partial charge in [0, 0.05) is 11.4 Å². The van der Waals surface area contributed by atoms with Crippen LogP contribution in [0.2, 0.25) is 0 Å². The van der Waals surface area contributed by atoms with E-state index in [1.165, 1.54) is 0 Å². The Bertz CT molecular complexity index is 506. The third-order valence-corrected chi connectivity index (χ3v) is 3.42. The second-order valence-corrected chi connectivity index (χ2v) is 5.02. The predicted molar refractivity (Wildman–Crippen MR) is 75.9 cm³/mol. The van der Waals surface area contributed by atoms with Crippen molar-refractivity contribution in [2.45, 2.75) is 13.1 Å². The van der Waals surface area contributed by atoms with Gasteiger partial charge in [0.2, 0.25) is 0 Å². The first-order valence-electron chi connectivity index (χ1n) is 5.98. The van der Waals surface area contributed by atoms with E-state index in [4.69, 9.17) is 4.42 Å². The van der Waals surface area contributed by atoms with Gasteiger partial charge < -0.3 is 14.6 Å². The van der Waals surface area contributed by atoms with Gasteiger partial charge in [0.1, 0.15) is 5.76 Å². The molecule has 0 aliphatic heterocycles. The summed E-state index contributed by atoms with van der Waals surface area (Å²) in [7, 11) is 0. The Labute approximate surface area is 116 Å². The third-order valence-electron chi connectivity index (χ3n) is 2.56. The Morgan fingerprint density at radius 2 is 2.37 bits per heavy atom. The Hall–Kier alpha value is -2.01. The number of amides is 2. The van der Waals surface area contributed by atoms with Gasteiger partial charge in [-0.2, -0.15) is 0 Å². The summed E-state index contributed by atoms with van der Waals surface area (Å²) in [5.74, 6) is 0.739. The van der Waals surface area contributed by atoms with Gasteiger partial charge in [-0.05, 0) is 23.6 Å². The van der Waals surface area contributed by atoms with Crippen molar-refractivity contribution in [2.75, 3.05) is 6.54 Å². The number of carbonyl (C=O) groups excluding carboxylic acids is 1. The summed E-state index contributed by atoms with van der Waals surface area (Å²) in [6, 6.07) is 7.50. The van der Waals surface area contributed by atoms with Crippen LogP contribution in [0.1, 0.15) is 10.6 Å². The fraction of sp³-hybridized carbons (Fsp3) is 0.214. The molecular formula is C14H16N2O2S. The molecule has 19 heavy (non-hydrogen) atoms. The minimum atomic E-state index is -0.121. The smallest absolute Gasteiger partial charge is 0.318 e. The lowest BCUT2D eigenvalue weighted by Gasteiger charge is -2.20. The fourth-order valence-corrected chi connectivity index (χ4v) is 2.37. The lowest BCUT2D eigenvalue weighted by molar-refractivity contribution is 0.200. The highest BCUT2D eigenvalue weighted by Crippen LogP contribution is 2.12. The maximum absolute atomic E-state index is 12.1. The average molecular weight is 276 g/mol. The van der Waals surface area contributed by atoms with Crippen LogP contribution in [0.4, 0.5) is 4.79 Å². The van der Waals surface area contributed by atoms with Gasteiger partial charge in [0.05, 0.1) is 19.4 Å². The van der Waals surface area contributed by atoms with Crippen LogP contribution in [-0.4, -0.2) is 17.5 Å². The first-order valence-corrected chi connectivity index (χ1v) is 6.86. The third kappa shape index (κ3) is 3.99. The number of nitrogens with one attached hydrogen (secondary N) is 1. The molecule has 4 nitrogen and oxygen atoms in total. The van der Waals surface area contributed by atoms with Crippen molar-refractivity contribution in [1.82, 2.24) is 10.2 Å². The molecule has 0 aliphatic rings. The zero-order valence-electron chi connectivity index (χ0n) is 10.5. The van der Waals surface area contributed by atoms with Crippen LogP contribution in [-0.2, 0) is 13.1 Å². The number of carbonyl (C=O) groups is 1. The maximum Gasteiger partial charge on any atom is 0.318 e. The summed E-state index contributed by atoms with van der Waals surface area (Å²) in [6.45, 7) is 5.18. The largest absolute Gasteiger partial charge is 0.467 e. The molecule has 1 N–H and O–H groups in total. The highest BCUT2D eigenvalue weighted by atomic mass is 32.1. The number of urea groups is 1. The van der Waals surface area contributed by atoms with Crippen LogP contribution < -0.4 is 5.32 Å². The Morgan fingerprint density at radius 3 is 3.00 bits per heavy atom. The van der Waals surface area contributed by atoms with Gasteiger partial charge in [0.15, 0.2) is 0 Å². The van der Waals surface area contributed by atoms with E-state index in [1.54, 1.807) is 34.6 Å². The molecule has 2 rings (SSSR count). The number of thiophene rings is 1. The molecule has 0 radical (unpaired) electrons. The van der Waals surface area contributed by atoms with Gasteiger partial charge in [-0.25, -0.2) is 4.79 Å². The fourth-order valence-electron chi connectivity index (χ4n) is 1.65. The van der Waals surface area contributed by atoms with Gasteiger partial charge in [-0.1, -0.05) is 12.1 Å². The van der Waals surface area contributed by atoms with Gasteiger partial charge in [0.25, 0.3) is 0 Å². The summed E-state index contributed by atoms with van der Waals surface area (Å²) >= 11 is 1.64. The van der Waals surface area contributed by atoms with Gasteiger partial charge in [-0.3, -0.25) is 0 Å². The standard InChI is InChI=1S/C14H16N2O2S/c1-2-7-16(11-13-6-4-9-19-13)14(17)15-10-12-5-3-8-18-12/h2-6,8-9H,1,7,10-11H2,(H,15,17). The molecule has 0 spiro atoms. The average Bonchev–Trinajstić information content (AvgIpc) is 3.08. The van der Waals surface area contributed by atoms with Crippen molar-refractivity contribution in [3.8, 4) is 0 Å². The van der Waals surface area contributed by atoms with Crippen molar-refractivity contribution in [3.63, 3.8) is 0 Å². The minimum Gasteiger partial charge on any atom is -0.467 e. The van der Waals surface area contributed by atoms with Crippen LogP contribution in [0.3, 0.4) is 0 Å². The van der Waals surface area contributed by atoms with E-state index in [0.717, 1.165) is 10.6 Å². The molecule has 0 saturated heterocycles. The normalized spacial score (nSPS) is 10.1. The van der Waals surface area contributed by atoms with Crippen LogP contribution in [0.15, 0.2) is 53.0 Å². The number of rotatable bonds is 6. The van der Waals surface area contributed by atoms with Crippen molar-refractivity contribution in [3.05, 3.63) is 59.2 Å². The number of hydrogen-bond donors (Lipinski definition) is 1. The number of nitrogens with zero attached hydrogens (tertiary/aromatic N) is 1. The minimum absolute atomic E-state index is 0.121. The maximum atomic E-state index is 12.1. The molecular weight excluding hydrogens is 260 g/mol. The van der Waals surface area contributed by atoms with E-state index in [1.807, 2.05) is 23.6 Å². The molecule has 2 amide bonds. The van der Waals surface area contributed by atoms with Crippen molar-refractivity contribution in [1.29, 1.82) is 0 Å². The molecule has 0 aromatic carbocycles. The molecule has 0 aliphatic carbocycles. The molecule has 0 fully saturated rings. The highest BCUT2D eigenvalue weighted by Gasteiger charge is 2.13. The molecule has 2 aromatic rings. The summed E-state index contributed by atoms with van der Waals surface area (Å²) < 4.78 is 5.18. The van der Waals surface area contributed by atoms with E-state index in [0.29, 0.717) is 19.6 Å². The highest BCUT2D eigenvalue weighted by molar-refractivity contribution is 7.09. The van der Waals surface area contributed by atoms with Crippen molar-refractivity contribution in [2.24, 2.45) is 0 Å². The van der Waals surface area contributed by atoms with Crippen LogP contribution in [0.25, 0.3) is 0 Å². The number of hydrogen-bond acceptors (Lipinski definition) is 3. The predicted octanol–water partition coefficient (Wildman–Crippen LogP) is 3.24. The molecule has 100 valence electrons. The molecule has 2 heterocycles. The zero-order chi connectivity index (χ0) is 13.5. The van der Waals surface area contributed by atoms with E-state index < -0.39 is 0 Å². The van der Waals surface area contributed by atoms with Crippen LogP contribution >= 0.6 is 11.3 Å². The molecule has 5 heteroatoms. The molecule has 0 bridgehead atoms. The lowest BCUT2D eigenvalue weighted by atomic mass is 10.4. The topological polar surface area (TPSA) is 45.5 Å². The molecule has 0 unspecified atom stereocenters. The molecule has 0 atom stereocenters. The summed E-state index contributed by atoms with van der Waals surface area (Å²) in [5.41, 5.74) is 0. The second-order valence-electron chi connectivity index (χ2n) is 3.99. The van der Waals surface area contributed by atoms with E-state index in [9.17, 15) is 4.79 Å². The first kappa shape index (κ1) is 13.4. The SMILES string of the molecule is C=CCN(Cc1cccs1)C(=O)NCc1ccco1. The van der Waals surface area contributed by atoms with Gasteiger partial charge >= 0.3 is 6.03 Å². The Morgan fingerprint density at radius 1 is 1.47 bits per heavy atom. The van der Waals surface area contributed by atoms with Gasteiger partial charge in [-0.15, -0.1) is 17.9 Å². The first-order chi connectivity index (χ1) is 9.29.